The third-order valence-electron chi connectivity index (χ3n) is 2.47. The standard InChI is InChI=1S/C12H10Cl2N2O/c1-2-10-8(7-17)12(14)16(15-10)11-6-4-3-5-9(11)13/h3-7H,2H2,1H3. The fraction of sp³-hybridized carbons (Fsp3) is 0.167. The van der Waals surface area contributed by atoms with E-state index in [1.54, 1.807) is 12.1 Å². The van der Waals surface area contributed by atoms with Crippen molar-refractivity contribution in [3.8, 4) is 5.69 Å². The van der Waals surface area contributed by atoms with E-state index in [-0.39, 0.29) is 0 Å². The first kappa shape index (κ1) is 12.1. The SMILES string of the molecule is CCc1nn(-c2ccccc2Cl)c(Cl)c1C=O. The number of nitrogens with zero attached hydrogens (tertiary/aromatic N) is 2. The van der Waals surface area contributed by atoms with Crippen LogP contribution in [0.15, 0.2) is 24.3 Å². The predicted octanol–water partition coefficient (Wildman–Crippen LogP) is 3.55. The third kappa shape index (κ3) is 2.08. The molecular weight excluding hydrogens is 259 g/mol. The molecule has 0 aliphatic rings. The molecule has 1 aromatic carbocycles. The van der Waals surface area contributed by atoms with Gasteiger partial charge in [-0.1, -0.05) is 42.3 Å². The van der Waals surface area contributed by atoms with E-state index in [0.717, 1.165) is 6.29 Å². The molecule has 0 atom stereocenters. The fourth-order valence-electron chi connectivity index (χ4n) is 1.61. The van der Waals surface area contributed by atoms with E-state index >= 15 is 0 Å². The third-order valence-corrected chi connectivity index (χ3v) is 3.16. The molecule has 0 saturated heterocycles. The number of hydrogen-bond acceptors (Lipinski definition) is 2. The van der Waals surface area contributed by atoms with Crippen LogP contribution in [0.1, 0.15) is 23.0 Å². The smallest absolute Gasteiger partial charge is 0.155 e. The molecule has 0 aliphatic carbocycles. The summed E-state index contributed by atoms with van der Waals surface area (Å²) < 4.78 is 1.49. The van der Waals surface area contributed by atoms with Crippen LogP contribution in [-0.4, -0.2) is 16.1 Å². The first-order valence-corrected chi connectivity index (χ1v) is 5.92. The maximum Gasteiger partial charge on any atom is 0.155 e. The first-order valence-electron chi connectivity index (χ1n) is 5.16. The van der Waals surface area contributed by atoms with Crippen LogP contribution in [0.3, 0.4) is 0 Å². The van der Waals surface area contributed by atoms with Crippen LogP contribution in [0.25, 0.3) is 5.69 Å². The zero-order valence-electron chi connectivity index (χ0n) is 9.15. The molecule has 3 nitrogen and oxygen atoms in total. The average Bonchev–Trinajstić information content (AvgIpc) is 2.66. The molecule has 0 bridgehead atoms. The van der Waals surface area contributed by atoms with Crippen LogP contribution in [0.2, 0.25) is 10.2 Å². The van der Waals surface area contributed by atoms with Crippen molar-refractivity contribution < 1.29 is 4.79 Å². The van der Waals surface area contributed by atoms with Gasteiger partial charge in [-0.3, -0.25) is 4.79 Å². The van der Waals surface area contributed by atoms with E-state index in [1.165, 1.54) is 4.68 Å². The zero-order valence-corrected chi connectivity index (χ0v) is 10.7. The summed E-state index contributed by atoms with van der Waals surface area (Å²) in [6.07, 6.45) is 1.37. The number of halogens is 2. The van der Waals surface area contributed by atoms with Gasteiger partial charge in [0.2, 0.25) is 0 Å². The summed E-state index contributed by atoms with van der Waals surface area (Å²) in [6, 6.07) is 7.21. The van der Waals surface area contributed by atoms with Crippen LogP contribution in [0, 0.1) is 0 Å². The van der Waals surface area contributed by atoms with Gasteiger partial charge in [-0.15, -0.1) is 0 Å². The normalized spacial score (nSPS) is 10.5. The van der Waals surface area contributed by atoms with Gasteiger partial charge in [0.25, 0.3) is 0 Å². The summed E-state index contributed by atoms with van der Waals surface area (Å²) in [6.45, 7) is 1.92. The van der Waals surface area contributed by atoms with Crippen molar-refractivity contribution in [3.05, 3.63) is 45.7 Å². The number of benzene rings is 1. The van der Waals surface area contributed by atoms with Gasteiger partial charge in [-0.05, 0) is 18.6 Å². The van der Waals surface area contributed by atoms with Gasteiger partial charge in [0.1, 0.15) is 5.15 Å². The summed E-state index contributed by atoms with van der Waals surface area (Å²) in [7, 11) is 0. The predicted molar refractivity (Wildman–Crippen MR) is 68.3 cm³/mol. The molecule has 0 saturated carbocycles. The minimum absolute atomic E-state index is 0.296. The summed E-state index contributed by atoms with van der Waals surface area (Å²) in [5.74, 6) is 0. The van der Waals surface area contributed by atoms with Crippen molar-refractivity contribution in [2.75, 3.05) is 0 Å². The lowest BCUT2D eigenvalue weighted by Crippen LogP contribution is -1.98. The van der Waals surface area contributed by atoms with Gasteiger partial charge >= 0.3 is 0 Å². The summed E-state index contributed by atoms with van der Waals surface area (Å²) in [5.41, 5.74) is 1.76. The van der Waals surface area contributed by atoms with E-state index < -0.39 is 0 Å². The van der Waals surface area contributed by atoms with E-state index in [0.29, 0.717) is 33.5 Å². The lowest BCUT2D eigenvalue weighted by Gasteiger charge is -2.04. The van der Waals surface area contributed by atoms with Crippen molar-refractivity contribution in [1.29, 1.82) is 0 Å². The van der Waals surface area contributed by atoms with Gasteiger partial charge in [0.15, 0.2) is 6.29 Å². The molecule has 0 aliphatic heterocycles. The van der Waals surface area contributed by atoms with Gasteiger partial charge in [0.05, 0.1) is 22.0 Å². The van der Waals surface area contributed by atoms with Crippen LogP contribution in [-0.2, 0) is 6.42 Å². The fourth-order valence-corrected chi connectivity index (χ4v) is 2.11. The molecule has 0 radical (unpaired) electrons. The Morgan fingerprint density at radius 2 is 2.06 bits per heavy atom. The van der Waals surface area contributed by atoms with E-state index in [1.807, 2.05) is 19.1 Å². The van der Waals surface area contributed by atoms with Crippen molar-refractivity contribution in [3.63, 3.8) is 0 Å². The Hall–Kier alpha value is -1.32. The number of carbonyl (C=O) groups is 1. The van der Waals surface area contributed by atoms with Crippen LogP contribution < -0.4 is 0 Å². The second kappa shape index (κ2) is 4.90. The van der Waals surface area contributed by atoms with Crippen molar-refractivity contribution >= 4 is 29.5 Å². The molecule has 5 heteroatoms. The number of aryl methyl sites for hydroxylation is 1. The van der Waals surface area contributed by atoms with E-state index in [9.17, 15) is 4.79 Å². The van der Waals surface area contributed by atoms with Gasteiger partial charge in [-0.25, -0.2) is 4.68 Å². The Kier molecular flexibility index (Phi) is 3.50. The molecule has 0 amide bonds. The number of para-hydroxylation sites is 1. The molecule has 0 fully saturated rings. The van der Waals surface area contributed by atoms with Crippen LogP contribution in [0.4, 0.5) is 0 Å². The highest BCUT2D eigenvalue weighted by molar-refractivity contribution is 6.34. The Balaban J connectivity index is 2.65. The second-order valence-corrected chi connectivity index (χ2v) is 4.25. The molecule has 0 spiro atoms. The molecule has 0 unspecified atom stereocenters. The summed E-state index contributed by atoms with van der Waals surface area (Å²) in [5, 5.41) is 5.13. The molecular formula is C12H10Cl2N2O. The zero-order chi connectivity index (χ0) is 12.4. The topological polar surface area (TPSA) is 34.9 Å². The number of aromatic nitrogens is 2. The molecule has 0 N–H and O–H groups in total. The molecule has 2 aromatic rings. The Morgan fingerprint density at radius 1 is 1.35 bits per heavy atom. The highest BCUT2D eigenvalue weighted by Crippen LogP contribution is 2.26. The van der Waals surface area contributed by atoms with Crippen molar-refractivity contribution in [2.24, 2.45) is 0 Å². The number of aldehydes is 1. The highest BCUT2D eigenvalue weighted by atomic mass is 35.5. The number of rotatable bonds is 3. The molecule has 17 heavy (non-hydrogen) atoms. The van der Waals surface area contributed by atoms with E-state index in [2.05, 4.69) is 5.10 Å². The molecule has 88 valence electrons. The van der Waals surface area contributed by atoms with Gasteiger partial charge < -0.3 is 0 Å². The summed E-state index contributed by atoms with van der Waals surface area (Å²) in [4.78, 5) is 11.0. The second-order valence-electron chi connectivity index (χ2n) is 3.49. The Labute approximate surface area is 109 Å². The minimum atomic E-state index is 0.296. The van der Waals surface area contributed by atoms with Crippen LogP contribution in [0.5, 0.6) is 0 Å². The summed E-state index contributed by atoms with van der Waals surface area (Å²) >= 11 is 12.2. The highest BCUT2D eigenvalue weighted by Gasteiger charge is 2.16. The molecule has 1 heterocycles. The number of hydrogen-bond donors (Lipinski definition) is 0. The molecule has 1 aromatic heterocycles. The maximum atomic E-state index is 11.0. The lowest BCUT2D eigenvalue weighted by molar-refractivity contribution is 0.112. The minimum Gasteiger partial charge on any atom is -0.298 e. The number of carbonyl (C=O) groups excluding carboxylic acids is 1. The monoisotopic (exact) mass is 268 g/mol. The first-order chi connectivity index (χ1) is 8.19. The molecule has 2 rings (SSSR count). The van der Waals surface area contributed by atoms with Gasteiger partial charge in [0, 0.05) is 0 Å². The van der Waals surface area contributed by atoms with Crippen molar-refractivity contribution in [1.82, 2.24) is 9.78 Å². The quantitative estimate of drug-likeness (QED) is 0.798. The Bertz CT molecular complexity index is 564. The maximum absolute atomic E-state index is 11.0. The van der Waals surface area contributed by atoms with E-state index in [4.69, 9.17) is 23.2 Å². The van der Waals surface area contributed by atoms with Crippen molar-refractivity contribution in [2.45, 2.75) is 13.3 Å². The lowest BCUT2D eigenvalue weighted by atomic mass is 10.2. The van der Waals surface area contributed by atoms with Crippen LogP contribution >= 0.6 is 23.2 Å². The largest absolute Gasteiger partial charge is 0.298 e. The Morgan fingerprint density at radius 3 is 2.59 bits per heavy atom. The average molecular weight is 269 g/mol. The van der Waals surface area contributed by atoms with Gasteiger partial charge in [-0.2, -0.15) is 5.10 Å².